The highest BCUT2D eigenvalue weighted by Gasteiger charge is 2.41. The summed E-state index contributed by atoms with van der Waals surface area (Å²) in [5, 5.41) is 10.3. The Morgan fingerprint density at radius 1 is 1.38 bits per heavy atom. The summed E-state index contributed by atoms with van der Waals surface area (Å²) in [4.78, 5) is 2.38. The van der Waals surface area contributed by atoms with E-state index in [1.165, 1.54) is 0 Å². The Morgan fingerprint density at radius 2 is 2.12 bits per heavy atom. The van der Waals surface area contributed by atoms with E-state index in [2.05, 4.69) is 25.8 Å². The maximum Gasteiger partial charge on any atom is 0.0631 e. The Labute approximate surface area is 98.8 Å². The van der Waals surface area contributed by atoms with Crippen LogP contribution in [-0.2, 0) is 4.74 Å². The molecule has 0 aromatic rings. The molecule has 1 aliphatic heterocycles. The van der Waals surface area contributed by atoms with Gasteiger partial charge in [0.05, 0.1) is 12.7 Å². The fraction of sp³-hybridized carbons (Fsp3) is 1.00. The molecule has 0 amide bonds. The van der Waals surface area contributed by atoms with Crippen LogP contribution in [0.15, 0.2) is 0 Å². The fourth-order valence-electron chi connectivity index (χ4n) is 3.08. The Kier molecular flexibility index (Phi) is 3.57. The molecule has 0 aromatic carbocycles. The second-order valence-corrected chi connectivity index (χ2v) is 6.19. The predicted molar refractivity (Wildman–Crippen MR) is 64.4 cm³/mol. The van der Waals surface area contributed by atoms with Gasteiger partial charge in [-0.15, -0.1) is 0 Å². The molecule has 2 aliphatic rings. The molecular weight excluding hydrogens is 202 g/mol. The van der Waals surface area contributed by atoms with Crippen molar-refractivity contribution in [2.45, 2.75) is 45.3 Å². The summed E-state index contributed by atoms with van der Waals surface area (Å²) in [5.41, 5.74) is 0.109. The summed E-state index contributed by atoms with van der Waals surface area (Å²) in [6.07, 6.45) is 3.31. The van der Waals surface area contributed by atoms with E-state index in [1.807, 2.05) is 0 Å². The minimum absolute atomic E-state index is 0.109. The maximum atomic E-state index is 10.3. The molecule has 0 aromatic heterocycles. The van der Waals surface area contributed by atoms with Crippen molar-refractivity contribution in [2.24, 2.45) is 11.3 Å². The number of likely N-dealkylation sites (N-methyl/N-ethyl adjacent to an activating group) is 1. The van der Waals surface area contributed by atoms with Crippen LogP contribution in [0.2, 0.25) is 0 Å². The van der Waals surface area contributed by atoms with E-state index in [-0.39, 0.29) is 11.5 Å². The molecular formula is C13H25NO2. The van der Waals surface area contributed by atoms with Crippen LogP contribution < -0.4 is 0 Å². The van der Waals surface area contributed by atoms with Crippen molar-refractivity contribution in [1.29, 1.82) is 0 Å². The first-order valence-corrected chi connectivity index (χ1v) is 6.47. The van der Waals surface area contributed by atoms with E-state index in [1.54, 1.807) is 0 Å². The number of ether oxygens (including phenoxy) is 1. The van der Waals surface area contributed by atoms with Gasteiger partial charge in [0, 0.05) is 19.2 Å². The van der Waals surface area contributed by atoms with E-state index < -0.39 is 0 Å². The molecule has 1 saturated carbocycles. The molecule has 16 heavy (non-hydrogen) atoms. The average Bonchev–Trinajstić information content (AvgIpc) is 2.82. The summed E-state index contributed by atoms with van der Waals surface area (Å²) in [6.45, 7) is 7.13. The number of aliphatic hydroxyl groups excluding tert-OH is 1. The van der Waals surface area contributed by atoms with Gasteiger partial charge in [-0.2, -0.15) is 0 Å². The summed E-state index contributed by atoms with van der Waals surface area (Å²) < 4.78 is 5.41. The Hall–Kier alpha value is -0.120. The van der Waals surface area contributed by atoms with Crippen LogP contribution in [0, 0.1) is 11.3 Å². The summed E-state index contributed by atoms with van der Waals surface area (Å²) in [5.74, 6) is 0.445. The van der Waals surface area contributed by atoms with Gasteiger partial charge < -0.3 is 14.7 Å². The molecule has 0 spiro atoms. The lowest BCUT2D eigenvalue weighted by Gasteiger charge is -2.30. The molecule has 3 atom stereocenters. The lowest BCUT2D eigenvalue weighted by Crippen LogP contribution is -2.40. The van der Waals surface area contributed by atoms with Crippen LogP contribution in [0.4, 0.5) is 0 Å². The highest BCUT2D eigenvalue weighted by molar-refractivity contribution is 4.92. The van der Waals surface area contributed by atoms with Gasteiger partial charge in [-0.05, 0) is 37.6 Å². The topological polar surface area (TPSA) is 32.7 Å². The summed E-state index contributed by atoms with van der Waals surface area (Å²) in [7, 11) is 2.16. The zero-order chi connectivity index (χ0) is 11.8. The largest absolute Gasteiger partial charge is 0.392 e. The van der Waals surface area contributed by atoms with Crippen LogP contribution in [0.3, 0.4) is 0 Å². The fourth-order valence-corrected chi connectivity index (χ4v) is 3.08. The van der Waals surface area contributed by atoms with Crippen molar-refractivity contribution in [3.63, 3.8) is 0 Å². The molecule has 3 nitrogen and oxygen atoms in total. The van der Waals surface area contributed by atoms with E-state index >= 15 is 0 Å². The van der Waals surface area contributed by atoms with Gasteiger partial charge in [-0.1, -0.05) is 13.8 Å². The van der Waals surface area contributed by atoms with E-state index in [0.29, 0.717) is 12.0 Å². The minimum atomic E-state index is -0.141. The van der Waals surface area contributed by atoms with Crippen LogP contribution in [0.25, 0.3) is 0 Å². The second kappa shape index (κ2) is 4.63. The van der Waals surface area contributed by atoms with E-state index in [0.717, 1.165) is 39.0 Å². The third-order valence-electron chi connectivity index (χ3n) is 4.46. The SMILES string of the molecule is CN(CC1CCC(C)(C)C1O)C1CCOC1. The Balaban J connectivity index is 1.85. The molecule has 94 valence electrons. The third kappa shape index (κ3) is 2.41. The molecule has 1 N–H and O–H groups in total. The lowest BCUT2D eigenvalue weighted by atomic mass is 9.87. The first-order chi connectivity index (χ1) is 7.50. The van der Waals surface area contributed by atoms with Gasteiger partial charge in [0.15, 0.2) is 0 Å². The van der Waals surface area contributed by atoms with E-state index in [4.69, 9.17) is 4.74 Å². The predicted octanol–water partition coefficient (Wildman–Crippen LogP) is 1.50. The van der Waals surface area contributed by atoms with Crippen molar-refractivity contribution < 1.29 is 9.84 Å². The summed E-state index contributed by atoms with van der Waals surface area (Å²) in [6, 6.07) is 0.566. The van der Waals surface area contributed by atoms with Gasteiger partial charge in [0.25, 0.3) is 0 Å². The van der Waals surface area contributed by atoms with Crippen LogP contribution in [0.1, 0.15) is 33.1 Å². The maximum absolute atomic E-state index is 10.3. The molecule has 2 fully saturated rings. The second-order valence-electron chi connectivity index (χ2n) is 6.19. The summed E-state index contributed by atoms with van der Waals surface area (Å²) >= 11 is 0. The van der Waals surface area contributed by atoms with Crippen molar-refractivity contribution in [1.82, 2.24) is 4.90 Å². The molecule has 1 saturated heterocycles. The minimum Gasteiger partial charge on any atom is -0.392 e. The lowest BCUT2D eigenvalue weighted by molar-refractivity contribution is 0.0298. The van der Waals surface area contributed by atoms with Crippen molar-refractivity contribution in [3.8, 4) is 0 Å². The van der Waals surface area contributed by atoms with Gasteiger partial charge in [0.1, 0.15) is 0 Å². The zero-order valence-corrected chi connectivity index (χ0v) is 10.8. The number of rotatable bonds is 3. The molecule has 3 heteroatoms. The van der Waals surface area contributed by atoms with Crippen LogP contribution in [0.5, 0.6) is 0 Å². The molecule has 1 heterocycles. The Bertz CT molecular complexity index is 236. The van der Waals surface area contributed by atoms with Gasteiger partial charge >= 0.3 is 0 Å². The highest BCUT2D eigenvalue weighted by Crippen LogP contribution is 2.41. The van der Waals surface area contributed by atoms with Gasteiger partial charge in [-0.25, -0.2) is 0 Å². The number of nitrogens with zero attached hydrogens (tertiary/aromatic N) is 1. The molecule has 2 rings (SSSR count). The smallest absolute Gasteiger partial charge is 0.0631 e. The average molecular weight is 227 g/mol. The number of hydrogen-bond donors (Lipinski definition) is 1. The number of aliphatic hydroxyl groups is 1. The number of hydrogen-bond acceptors (Lipinski definition) is 3. The van der Waals surface area contributed by atoms with Crippen molar-refractivity contribution in [3.05, 3.63) is 0 Å². The first-order valence-electron chi connectivity index (χ1n) is 6.47. The third-order valence-corrected chi connectivity index (χ3v) is 4.46. The van der Waals surface area contributed by atoms with Gasteiger partial charge in [0.2, 0.25) is 0 Å². The first kappa shape index (κ1) is 12.3. The van der Waals surface area contributed by atoms with Gasteiger partial charge in [-0.3, -0.25) is 0 Å². The van der Waals surface area contributed by atoms with Crippen LogP contribution in [-0.4, -0.2) is 49.0 Å². The highest BCUT2D eigenvalue weighted by atomic mass is 16.5. The molecule has 1 aliphatic carbocycles. The standard InChI is InChI=1S/C13H25NO2/c1-13(2)6-4-10(12(13)15)8-14(3)11-5-7-16-9-11/h10-12,15H,4-9H2,1-3H3. The molecule has 3 unspecified atom stereocenters. The zero-order valence-electron chi connectivity index (χ0n) is 10.8. The van der Waals surface area contributed by atoms with Crippen molar-refractivity contribution >= 4 is 0 Å². The molecule has 0 radical (unpaired) electrons. The quantitative estimate of drug-likeness (QED) is 0.793. The van der Waals surface area contributed by atoms with Crippen molar-refractivity contribution in [2.75, 3.05) is 26.8 Å². The normalized spacial score (nSPS) is 38.4. The Morgan fingerprint density at radius 3 is 2.62 bits per heavy atom. The van der Waals surface area contributed by atoms with Crippen LogP contribution >= 0.6 is 0 Å². The van der Waals surface area contributed by atoms with E-state index in [9.17, 15) is 5.11 Å². The monoisotopic (exact) mass is 227 g/mol. The molecule has 0 bridgehead atoms.